The molecule has 84 valence electrons. The highest BCUT2D eigenvalue weighted by atomic mass is 32.1. The zero-order valence-electron chi connectivity index (χ0n) is 8.93. The number of hydrogen-bond donors (Lipinski definition) is 1. The summed E-state index contributed by atoms with van der Waals surface area (Å²) < 4.78 is 5.81. The fraction of sp³-hybridized carbons (Fsp3) is 0.500. The summed E-state index contributed by atoms with van der Waals surface area (Å²) in [5.74, 6) is 0. The Hall–Kier alpha value is -1.11. The van der Waals surface area contributed by atoms with Crippen LogP contribution in [0.3, 0.4) is 0 Å². The Morgan fingerprint density at radius 2 is 2.25 bits per heavy atom. The highest BCUT2D eigenvalue weighted by Gasteiger charge is 2.32. The van der Waals surface area contributed by atoms with Crippen LogP contribution < -0.4 is 5.32 Å². The molecule has 1 fully saturated rings. The van der Waals surface area contributed by atoms with Gasteiger partial charge in [-0.2, -0.15) is 0 Å². The molecule has 0 atom stereocenters. The van der Waals surface area contributed by atoms with Crippen LogP contribution in [0.4, 0.5) is 0 Å². The van der Waals surface area contributed by atoms with Gasteiger partial charge >= 0.3 is 0 Å². The normalized spacial score (nSPS) is 18.6. The fourth-order valence-electron chi connectivity index (χ4n) is 1.60. The summed E-state index contributed by atoms with van der Waals surface area (Å²) >= 11 is 1.54. The van der Waals surface area contributed by atoms with E-state index in [-0.39, 0.29) is 5.60 Å². The maximum Gasteiger partial charge on any atom is 0.189 e. The lowest BCUT2D eigenvalue weighted by atomic mass is 10.0. The molecular formula is C10H12N4OS. The third-order valence-electron chi connectivity index (χ3n) is 2.63. The molecule has 2 aromatic rings. The van der Waals surface area contributed by atoms with Crippen molar-refractivity contribution in [2.45, 2.75) is 19.1 Å². The van der Waals surface area contributed by atoms with Crippen LogP contribution in [-0.4, -0.2) is 33.6 Å². The molecule has 0 bridgehead atoms. The van der Waals surface area contributed by atoms with Gasteiger partial charge in [-0.1, -0.05) is 11.3 Å². The molecule has 0 aromatic carbocycles. The molecule has 0 unspecified atom stereocenters. The van der Waals surface area contributed by atoms with Crippen LogP contribution in [0.2, 0.25) is 0 Å². The molecule has 1 saturated heterocycles. The third-order valence-corrected chi connectivity index (χ3v) is 3.56. The van der Waals surface area contributed by atoms with Gasteiger partial charge in [0.05, 0.1) is 12.2 Å². The van der Waals surface area contributed by atoms with Crippen LogP contribution in [0, 0.1) is 0 Å². The van der Waals surface area contributed by atoms with Crippen LogP contribution in [0.25, 0.3) is 10.5 Å². The van der Waals surface area contributed by atoms with Gasteiger partial charge in [0, 0.05) is 25.5 Å². The number of thiazole rings is 1. The zero-order chi connectivity index (χ0) is 11.0. The molecular weight excluding hydrogens is 224 g/mol. The minimum absolute atomic E-state index is 0.0291. The SMILES string of the molecule is CC1(OCc2nc3nccnc3s2)CNC1. The van der Waals surface area contributed by atoms with Gasteiger partial charge < -0.3 is 10.1 Å². The molecule has 0 aliphatic carbocycles. The first-order chi connectivity index (χ1) is 7.75. The first kappa shape index (κ1) is 10.1. The van der Waals surface area contributed by atoms with E-state index < -0.39 is 0 Å². The number of rotatable bonds is 3. The molecule has 2 aromatic heterocycles. The van der Waals surface area contributed by atoms with Crippen molar-refractivity contribution in [3.05, 3.63) is 17.4 Å². The zero-order valence-corrected chi connectivity index (χ0v) is 9.75. The summed E-state index contributed by atoms with van der Waals surface area (Å²) in [6.45, 7) is 4.47. The van der Waals surface area contributed by atoms with Crippen molar-refractivity contribution in [2.24, 2.45) is 0 Å². The predicted octanol–water partition coefficient (Wildman–Crippen LogP) is 0.965. The van der Waals surface area contributed by atoms with Gasteiger partial charge in [0.15, 0.2) is 10.5 Å². The first-order valence-electron chi connectivity index (χ1n) is 5.16. The Bertz CT molecular complexity index is 475. The Morgan fingerprint density at radius 3 is 2.94 bits per heavy atom. The highest BCUT2D eigenvalue weighted by molar-refractivity contribution is 7.18. The van der Waals surface area contributed by atoms with Crippen molar-refractivity contribution >= 4 is 21.8 Å². The summed E-state index contributed by atoms with van der Waals surface area (Å²) in [6.07, 6.45) is 3.34. The smallest absolute Gasteiger partial charge is 0.189 e. The van der Waals surface area contributed by atoms with Crippen molar-refractivity contribution in [2.75, 3.05) is 13.1 Å². The van der Waals surface area contributed by atoms with Crippen molar-refractivity contribution in [3.63, 3.8) is 0 Å². The van der Waals surface area contributed by atoms with Gasteiger partial charge in [-0.25, -0.2) is 15.0 Å². The van der Waals surface area contributed by atoms with E-state index in [1.807, 2.05) is 0 Å². The number of hydrogen-bond acceptors (Lipinski definition) is 6. The summed E-state index contributed by atoms with van der Waals surface area (Å²) in [6, 6.07) is 0. The molecule has 16 heavy (non-hydrogen) atoms. The third kappa shape index (κ3) is 1.79. The van der Waals surface area contributed by atoms with E-state index in [1.165, 1.54) is 0 Å². The second-order valence-corrected chi connectivity index (χ2v) is 5.20. The quantitative estimate of drug-likeness (QED) is 0.860. The largest absolute Gasteiger partial charge is 0.365 e. The summed E-state index contributed by atoms with van der Waals surface area (Å²) in [5, 5.41) is 4.14. The average Bonchev–Trinajstić information content (AvgIpc) is 2.66. The van der Waals surface area contributed by atoms with Gasteiger partial charge in [0.25, 0.3) is 0 Å². The topological polar surface area (TPSA) is 59.9 Å². The molecule has 0 spiro atoms. The number of ether oxygens (including phenoxy) is 1. The molecule has 0 amide bonds. The maximum atomic E-state index is 5.81. The molecule has 1 N–H and O–H groups in total. The fourth-order valence-corrected chi connectivity index (χ4v) is 2.37. The summed E-state index contributed by atoms with van der Waals surface area (Å²) in [7, 11) is 0. The summed E-state index contributed by atoms with van der Waals surface area (Å²) in [4.78, 5) is 13.6. The van der Waals surface area contributed by atoms with Gasteiger partial charge in [-0.05, 0) is 6.92 Å². The van der Waals surface area contributed by atoms with Crippen molar-refractivity contribution in [3.8, 4) is 0 Å². The molecule has 6 heteroatoms. The van der Waals surface area contributed by atoms with Crippen molar-refractivity contribution in [1.82, 2.24) is 20.3 Å². The molecule has 1 aliphatic rings. The molecule has 5 nitrogen and oxygen atoms in total. The lowest BCUT2D eigenvalue weighted by Crippen LogP contribution is -2.58. The Balaban J connectivity index is 1.74. The number of nitrogens with one attached hydrogen (secondary N) is 1. The lowest BCUT2D eigenvalue weighted by Gasteiger charge is -2.38. The second kappa shape index (κ2) is 3.73. The Labute approximate surface area is 96.9 Å². The van der Waals surface area contributed by atoms with E-state index in [0.717, 1.165) is 22.9 Å². The van der Waals surface area contributed by atoms with E-state index in [1.54, 1.807) is 23.7 Å². The summed E-state index contributed by atoms with van der Waals surface area (Å²) in [5.41, 5.74) is 0.682. The minimum atomic E-state index is -0.0291. The average molecular weight is 236 g/mol. The van der Waals surface area contributed by atoms with Crippen LogP contribution >= 0.6 is 11.3 Å². The highest BCUT2D eigenvalue weighted by Crippen LogP contribution is 2.22. The molecule has 0 saturated carbocycles. The van der Waals surface area contributed by atoms with Gasteiger partial charge in [0.1, 0.15) is 5.01 Å². The van der Waals surface area contributed by atoms with E-state index >= 15 is 0 Å². The van der Waals surface area contributed by atoms with Gasteiger partial charge in [-0.15, -0.1) is 0 Å². The monoisotopic (exact) mass is 236 g/mol. The van der Waals surface area contributed by atoms with Crippen LogP contribution in [0.1, 0.15) is 11.9 Å². The van der Waals surface area contributed by atoms with Crippen LogP contribution in [-0.2, 0) is 11.3 Å². The second-order valence-electron chi connectivity index (χ2n) is 4.13. The van der Waals surface area contributed by atoms with Crippen LogP contribution in [0.5, 0.6) is 0 Å². The van der Waals surface area contributed by atoms with E-state index in [2.05, 4.69) is 27.2 Å². The van der Waals surface area contributed by atoms with Crippen molar-refractivity contribution < 1.29 is 4.74 Å². The standard InChI is InChI=1S/C10H12N4OS/c1-10(5-11-6-10)15-4-7-14-8-9(16-7)13-3-2-12-8/h2-3,11H,4-6H2,1H3. The number of fused-ring (bicyclic) bond motifs is 1. The molecule has 3 heterocycles. The maximum absolute atomic E-state index is 5.81. The number of nitrogens with zero attached hydrogens (tertiary/aromatic N) is 3. The Kier molecular flexibility index (Phi) is 2.34. The molecule has 3 rings (SSSR count). The van der Waals surface area contributed by atoms with Crippen LogP contribution in [0.15, 0.2) is 12.4 Å². The van der Waals surface area contributed by atoms with E-state index in [9.17, 15) is 0 Å². The van der Waals surface area contributed by atoms with Crippen molar-refractivity contribution in [1.29, 1.82) is 0 Å². The Morgan fingerprint density at radius 1 is 1.44 bits per heavy atom. The minimum Gasteiger partial charge on any atom is -0.365 e. The number of aromatic nitrogens is 3. The van der Waals surface area contributed by atoms with E-state index in [0.29, 0.717) is 12.3 Å². The lowest BCUT2D eigenvalue weighted by molar-refractivity contribution is -0.0767. The van der Waals surface area contributed by atoms with Gasteiger partial charge in [-0.3, -0.25) is 0 Å². The van der Waals surface area contributed by atoms with E-state index in [4.69, 9.17) is 4.74 Å². The molecule has 0 radical (unpaired) electrons. The first-order valence-corrected chi connectivity index (χ1v) is 5.98. The molecule has 1 aliphatic heterocycles. The predicted molar refractivity (Wildman–Crippen MR) is 61.3 cm³/mol. The van der Waals surface area contributed by atoms with Gasteiger partial charge in [0.2, 0.25) is 0 Å².